The van der Waals surface area contributed by atoms with Gasteiger partial charge in [-0.05, 0) is 62.5 Å². The lowest BCUT2D eigenvalue weighted by Crippen LogP contribution is -2.41. The molecule has 0 amide bonds. The number of phenolic OH excluding ortho intramolecular Hbond substituents is 1. The summed E-state index contributed by atoms with van der Waals surface area (Å²) in [5.41, 5.74) is 1.78. The minimum absolute atomic E-state index is 0.0321. The van der Waals surface area contributed by atoms with Crippen molar-refractivity contribution >= 4 is 58.6 Å². The molecule has 158 valence electrons. The average Bonchev–Trinajstić information content (AvgIpc) is 3.02. The van der Waals surface area contributed by atoms with Crippen LogP contribution in [0.25, 0.3) is 11.0 Å². The smallest absolute Gasteiger partial charge is 0.243 e. The second-order valence-electron chi connectivity index (χ2n) is 6.91. The zero-order chi connectivity index (χ0) is 21.6. The molecule has 30 heavy (non-hydrogen) atoms. The standard InChI is InChI=1S/C20H18Br2N2O5S/c1-2-16-18(19(23-26)11-8-14(21)20(25)15(22)9-11)13-5-4-12(10-17(13)29-16)30(27,28)24-6-3-7-24/h4-5,8-10,25-26H,2-3,6-7H2,1H3. The molecule has 1 aliphatic rings. The van der Waals surface area contributed by atoms with E-state index < -0.39 is 10.0 Å². The number of rotatable bonds is 5. The van der Waals surface area contributed by atoms with E-state index in [1.807, 2.05) is 6.92 Å². The van der Waals surface area contributed by atoms with E-state index in [0.29, 0.717) is 56.3 Å². The van der Waals surface area contributed by atoms with Gasteiger partial charge in [-0.15, -0.1) is 0 Å². The second kappa shape index (κ2) is 7.99. The van der Waals surface area contributed by atoms with E-state index in [2.05, 4.69) is 37.0 Å². The number of oxime groups is 1. The minimum atomic E-state index is -3.54. The second-order valence-corrected chi connectivity index (χ2v) is 10.6. The fourth-order valence-electron chi connectivity index (χ4n) is 3.43. The van der Waals surface area contributed by atoms with Crippen LogP contribution in [0.2, 0.25) is 0 Å². The van der Waals surface area contributed by atoms with Crippen LogP contribution in [0.1, 0.15) is 30.2 Å². The molecule has 0 bridgehead atoms. The maximum atomic E-state index is 12.7. The number of aromatic hydroxyl groups is 1. The van der Waals surface area contributed by atoms with E-state index in [1.165, 1.54) is 10.4 Å². The number of halogens is 2. The van der Waals surface area contributed by atoms with Crippen LogP contribution in [0, 0.1) is 0 Å². The van der Waals surface area contributed by atoms with Gasteiger partial charge in [0.15, 0.2) is 0 Å². The van der Waals surface area contributed by atoms with Crippen molar-refractivity contribution in [2.24, 2.45) is 5.16 Å². The maximum absolute atomic E-state index is 12.7. The van der Waals surface area contributed by atoms with Gasteiger partial charge in [-0.3, -0.25) is 0 Å². The predicted molar refractivity (Wildman–Crippen MR) is 120 cm³/mol. The molecule has 1 aliphatic heterocycles. The Balaban J connectivity index is 1.88. The van der Waals surface area contributed by atoms with E-state index in [0.717, 1.165) is 6.42 Å². The van der Waals surface area contributed by atoms with Gasteiger partial charge in [0, 0.05) is 36.5 Å². The SMILES string of the molecule is CCc1oc2cc(S(=O)(=O)N3CCC3)ccc2c1C(=NO)c1cc(Br)c(O)c(Br)c1. The molecule has 0 saturated carbocycles. The summed E-state index contributed by atoms with van der Waals surface area (Å²) in [6.45, 7) is 2.95. The molecule has 0 spiro atoms. The molecule has 1 aromatic heterocycles. The largest absolute Gasteiger partial charge is 0.506 e. The highest BCUT2D eigenvalue weighted by Gasteiger charge is 2.30. The van der Waals surface area contributed by atoms with E-state index in [1.54, 1.807) is 24.3 Å². The first-order chi connectivity index (χ1) is 14.3. The predicted octanol–water partition coefficient (Wildman–Crippen LogP) is 4.85. The van der Waals surface area contributed by atoms with E-state index in [-0.39, 0.29) is 16.4 Å². The highest BCUT2D eigenvalue weighted by molar-refractivity contribution is 9.11. The van der Waals surface area contributed by atoms with Crippen LogP contribution in [0.5, 0.6) is 5.75 Å². The van der Waals surface area contributed by atoms with Gasteiger partial charge in [0.1, 0.15) is 22.8 Å². The normalized spacial score (nSPS) is 15.5. The molecular formula is C20H18Br2N2O5S. The van der Waals surface area contributed by atoms with Crippen LogP contribution >= 0.6 is 31.9 Å². The Morgan fingerprint density at radius 1 is 1.20 bits per heavy atom. The van der Waals surface area contributed by atoms with Crippen molar-refractivity contribution < 1.29 is 23.1 Å². The van der Waals surface area contributed by atoms with Crippen LogP contribution < -0.4 is 0 Å². The molecule has 2 aromatic carbocycles. The lowest BCUT2D eigenvalue weighted by atomic mass is 9.98. The zero-order valence-corrected chi connectivity index (χ0v) is 19.9. The highest BCUT2D eigenvalue weighted by atomic mass is 79.9. The molecule has 0 radical (unpaired) electrons. The van der Waals surface area contributed by atoms with Crippen molar-refractivity contribution in [3.63, 3.8) is 0 Å². The van der Waals surface area contributed by atoms with Gasteiger partial charge in [0.05, 0.1) is 19.4 Å². The number of aryl methyl sites for hydroxylation is 1. The van der Waals surface area contributed by atoms with E-state index in [9.17, 15) is 18.7 Å². The number of benzene rings is 2. The summed E-state index contributed by atoms with van der Waals surface area (Å²) in [5.74, 6) is 0.598. The molecule has 0 aliphatic carbocycles. The number of furan rings is 1. The Hall–Kier alpha value is -1.88. The summed E-state index contributed by atoms with van der Waals surface area (Å²) in [5, 5.41) is 24.0. The first-order valence-electron chi connectivity index (χ1n) is 9.24. The van der Waals surface area contributed by atoms with Crippen LogP contribution in [0.3, 0.4) is 0 Å². The van der Waals surface area contributed by atoms with Crippen LogP contribution in [-0.4, -0.2) is 41.8 Å². The highest BCUT2D eigenvalue weighted by Crippen LogP contribution is 2.37. The summed E-state index contributed by atoms with van der Waals surface area (Å²) in [4.78, 5) is 0.176. The lowest BCUT2D eigenvalue weighted by molar-refractivity contribution is 0.309. The average molecular weight is 558 g/mol. The summed E-state index contributed by atoms with van der Waals surface area (Å²) in [6, 6.07) is 8.01. The number of hydrogen-bond acceptors (Lipinski definition) is 6. The van der Waals surface area contributed by atoms with Gasteiger partial charge in [0.25, 0.3) is 0 Å². The van der Waals surface area contributed by atoms with Crippen LogP contribution in [0.4, 0.5) is 0 Å². The Morgan fingerprint density at radius 3 is 2.40 bits per heavy atom. The van der Waals surface area contributed by atoms with Crippen molar-refractivity contribution in [1.82, 2.24) is 4.31 Å². The Morgan fingerprint density at radius 2 is 1.87 bits per heavy atom. The third-order valence-electron chi connectivity index (χ3n) is 5.14. The summed E-state index contributed by atoms with van der Waals surface area (Å²) in [6.07, 6.45) is 1.37. The topological polar surface area (TPSA) is 103 Å². The third-order valence-corrected chi connectivity index (χ3v) is 8.24. The number of sulfonamides is 1. The molecule has 0 atom stereocenters. The van der Waals surface area contributed by atoms with Crippen molar-refractivity contribution in [1.29, 1.82) is 0 Å². The van der Waals surface area contributed by atoms with Gasteiger partial charge in [0.2, 0.25) is 10.0 Å². The number of hydrogen-bond donors (Lipinski definition) is 2. The molecule has 2 heterocycles. The fraction of sp³-hybridized carbons (Fsp3) is 0.250. The Kier molecular flexibility index (Phi) is 5.69. The van der Waals surface area contributed by atoms with Gasteiger partial charge in [-0.2, -0.15) is 4.31 Å². The fourth-order valence-corrected chi connectivity index (χ4v) is 6.15. The Labute approximate surface area is 190 Å². The number of phenols is 1. The molecule has 3 aromatic rings. The molecule has 7 nitrogen and oxygen atoms in total. The quantitative estimate of drug-likeness (QED) is 0.265. The molecule has 1 saturated heterocycles. The monoisotopic (exact) mass is 556 g/mol. The van der Waals surface area contributed by atoms with Gasteiger partial charge in [-0.25, -0.2) is 8.42 Å². The molecule has 1 fully saturated rings. The minimum Gasteiger partial charge on any atom is -0.506 e. The molecule has 0 unspecified atom stereocenters. The summed E-state index contributed by atoms with van der Waals surface area (Å²) >= 11 is 6.58. The van der Waals surface area contributed by atoms with Crippen LogP contribution in [0.15, 0.2) is 53.7 Å². The van der Waals surface area contributed by atoms with Gasteiger partial charge in [-0.1, -0.05) is 12.1 Å². The summed E-state index contributed by atoms with van der Waals surface area (Å²) in [7, 11) is -3.54. The molecular weight excluding hydrogens is 540 g/mol. The van der Waals surface area contributed by atoms with Crippen molar-refractivity contribution in [2.75, 3.05) is 13.1 Å². The number of nitrogens with zero attached hydrogens (tertiary/aromatic N) is 2. The molecule has 4 rings (SSSR count). The van der Waals surface area contributed by atoms with Gasteiger partial charge >= 0.3 is 0 Å². The van der Waals surface area contributed by atoms with Crippen LogP contribution in [-0.2, 0) is 16.4 Å². The summed E-state index contributed by atoms with van der Waals surface area (Å²) < 4.78 is 33.7. The Bertz CT molecular complexity index is 1260. The number of fused-ring (bicyclic) bond motifs is 1. The van der Waals surface area contributed by atoms with Crippen molar-refractivity contribution in [3.8, 4) is 5.75 Å². The molecule has 10 heteroatoms. The van der Waals surface area contributed by atoms with Gasteiger partial charge < -0.3 is 14.7 Å². The van der Waals surface area contributed by atoms with E-state index >= 15 is 0 Å². The maximum Gasteiger partial charge on any atom is 0.243 e. The van der Waals surface area contributed by atoms with Crippen molar-refractivity contribution in [2.45, 2.75) is 24.7 Å². The van der Waals surface area contributed by atoms with Crippen molar-refractivity contribution in [3.05, 3.63) is 56.2 Å². The van der Waals surface area contributed by atoms with E-state index in [4.69, 9.17) is 4.42 Å². The molecule has 2 N–H and O–H groups in total. The lowest BCUT2D eigenvalue weighted by Gasteiger charge is -2.29. The first-order valence-corrected chi connectivity index (χ1v) is 12.3. The first kappa shape index (κ1) is 21.4. The zero-order valence-electron chi connectivity index (χ0n) is 15.9. The third kappa shape index (κ3) is 3.45.